The summed E-state index contributed by atoms with van der Waals surface area (Å²) in [5.74, 6) is 0.705. The molecule has 3 rings (SSSR count). The quantitative estimate of drug-likeness (QED) is 0.588. The van der Waals surface area contributed by atoms with Crippen LogP contribution >= 0.6 is 23.4 Å². The van der Waals surface area contributed by atoms with Crippen molar-refractivity contribution in [2.24, 2.45) is 0 Å². The van der Waals surface area contributed by atoms with Gasteiger partial charge in [-0.15, -0.1) is 10.2 Å². The van der Waals surface area contributed by atoms with Crippen molar-refractivity contribution in [3.63, 3.8) is 0 Å². The first-order valence-electron chi connectivity index (χ1n) is 8.71. The molecule has 1 atom stereocenters. The Kier molecular flexibility index (Phi) is 6.19. The van der Waals surface area contributed by atoms with Crippen molar-refractivity contribution in [1.29, 1.82) is 0 Å². The standard InChI is InChI=1S/C20H21ClN4OS/c1-4-25-18(15-8-5-7-13(2)11-15)23-24-20(25)27-14(3)19(26)22-17-10-6-9-16(21)12-17/h5-12,14H,4H2,1-3H3,(H,22,26). The van der Waals surface area contributed by atoms with Crippen LogP contribution < -0.4 is 5.32 Å². The third kappa shape index (κ3) is 4.70. The highest BCUT2D eigenvalue weighted by atomic mass is 35.5. The van der Waals surface area contributed by atoms with Gasteiger partial charge in [-0.25, -0.2) is 0 Å². The van der Waals surface area contributed by atoms with E-state index < -0.39 is 0 Å². The third-order valence-electron chi connectivity index (χ3n) is 4.05. The second kappa shape index (κ2) is 8.59. The minimum atomic E-state index is -0.330. The SMILES string of the molecule is CCn1c(SC(C)C(=O)Nc2cccc(Cl)c2)nnc1-c1cccc(C)c1. The lowest BCUT2D eigenvalue weighted by Crippen LogP contribution is -2.22. The van der Waals surface area contributed by atoms with E-state index in [2.05, 4.69) is 21.6 Å². The van der Waals surface area contributed by atoms with Gasteiger partial charge in [0.2, 0.25) is 5.91 Å². The molecular formula is C20H21ClN4OS. The molecule has 0 aliphatic heterocycles. The number of aryl methyl sites for hydroxylation is 1. The number of carbonyl (C=O) groups is 1. The zero-order chi connectivity index (χ0) is 19.4. The molecule has 0 saturated carbocycles. The second-order valence-corrected chi connectivity index (χ2v) is 7.92. The Morgan fingerprint density at radius 3 is 2.70 bits per heavy atom. The van der Waals surface area contributed by atoms with E-state index >= 15 is 0 Å². The Morgan fingerprint density at radius 2 is 2.00 bits per heavy atom. The van der Waals surface area contributed by atoms with Gasteiger partial charge in [-0.05, 0) is 45.0 Å². The molecule has 1 unspecified atom stereocenters. The fourth-order valence-corrected chi connectivity index (χ4v) is 3.78. The van der Waals surface area contributed by atoms with Crippen LogP contribution in [0.15, 0.2) is 53.7 Å². The van der Waals surface area contributed by atoms with Crippen LogP contribution in [0.5, 0.6) is 0 Å². The molecule has 140 valence electrons. The predicted octanol–water partition coefficient (Wildman–Crippen LogP) is 5.05. The number of amides is 1. The number of nitrogens with zero attached hydrogens (tertiary/aromatic N) is 3. The monoisotopic (exact) mass is 400 g/mol. The lowest BCUT2D eigenvalue weighted by molar-refractivity contribution is -0.115. The molecule has 1 N–H and O–H groups in total. The summed E-state index contributed by atoms with van der Waals surface area (Å²) < 4.78 is 2.03. The van der Waals surface area contributed by atoms with Gasteiger partial charge in [-0.1, -0.05) is 53.2 Å². The van der Waals surface area contributed by atoms with Crippen molar-refractivity contribution in [3.05, 3.63) is 59.1 Å². The lowest BCUT2D eigenvalue weighted by atomic mass is 10.1. The van der Waals surface area contributed by atoms with Crippen LogP contribution in [0.1, 0.15) is 19.4 Å². The molecule has 7 heteroatoms. The highest BCUT2D eigenvalue weighted by Gasteiger charge is 2.20. The van der Waals surface area contributed by atoms with E-state index in [0.29, 0.717) is 10.7 Å². The number of nitrogens with one attached hydrogen (secondary N) is 1. The van der Waals surface area contributed by atoms with Gasteiger partial charge >= 0.3 is 0 Å². The zero-order valence-corrected chi connectivity index (χ0v) is 17.0. The Labute approximate surface area is 168 Å². The summed E-state index contributed by atoms with van der Waals surface area (Å²) >= 11 is 7.36. The highest BCUT2D eigenvalue weighted by molar-refractivity contribution is 8.00. The summed E-state index contributed by atoms with van der Waals surface area (Å²) in [7, 11) is 0. The van der Waals surface area contributed by atoms with Crippen LogP contribution in [0.25, 0.3) is 11.4 Å². The molecule has 0 saturated heterocycles. The topological polar surface area (TPSA) is 59.8 Å². The van der Waals surface area contributed by atoms with Crippen LogP contribution in [0, 0.1) is 6.92 Å². The summed E-state index contributed by atoms with van der Waals surface area (Å²) in [6.07, 6.45) is 0. The fourth-order valence-electron chi connectivity index (χ4n) is 2.68. The van der Waals surface area contributed by atoms with E-state index in [-0.39, 0.29) is 11.2 Å². The largest absolute Gasteiger partial charge is 0.325 e. The molecule has 0 aliphatic rings. The third-order valence-corrected chi connectivity index (χ3v) is 5.37. The van der Waals surface area contributed by atoms with Gasteiger partial charge in [0.05, 0.1) is 5.25 Å². The second-order valence-electron chi connectivity index (χ2n) is 6.18. The normalized spacial score (nSPS) is 12.0. The van der Waals surface area contributed by atoms with Crippen molar-refractivity contribution in [2.45, 2.75) is 37.7 Å². The molecule has 0 bridgehead atoms. The van der Waals surface area contributed by atoms with Crippen molar-refractivity contribution in [1.82, 2.24) is 14.8 Å². The fraction of sp³-hybridized carbons (Fsp3) is 0.250. The molecule has 3 aromatic rings. The number of hydrogen-bond acceptors (Lipinski definition) is 4. The van der Waals surface area contributed by atoms with Crippen LogP contribution in [0.3, 0.4) is 0 Å². The molecule has 27 heavy (non-hydrogen) atoms. The first kappa shape index (κ1) is 19.5. The van der Waals surface area contributed by atoms with Gasteiger partial charge < -0.3 is 9.88 Å². The first-order chi connectivity index (χ1) is 13.0. The maximum Gasteiger partial charge on any atom is 0.237 e. The van der Waals surface area contributed by atoms with Gasteiger partial charge in [0.25, 0.3) is 0 Å². The number of anilines is 1. The number of rotatable bonds is 6. The number of hydrogen-bond donors (Lipinski definition) is 1. The van der Waals surface area contributed by atoms with Crippen LogP contribution in [0.2, 0.25) is 5.02 Å². The summed E-state index contributed by atoms with van der Waals surface area (Å²) in [5, 5.41) is 12.5. The number of thioether (sulfide) groups is 1. The molecule has 1 amide bonds. The molecule has 0 spiro atoms. The number of halogens is 1. The number of carbonyl (C=O) groups excluding carboxylic acids is 1. The molecule has 2 aromatic carbocycles. The Morgan fingerprint density at radius 1 is 1.22 bits per heavy atom. The van der Waals surface area contributed by atoms with E-state index in [1.807, 2.05) is 49.6 Å². The van der Waals surface area contributed by atoms with Crippen LogP contribution in [-0.4, -0.2) is 25.9 Å². The molecular weight excluding hydrogens is 380 g/mol. The highest BCUT2D eigenvalue weighted by Crippen LogP contribution is 2.28. The maximum absolute atomic E-state index is 12.5. The summed E-state index contributed by atoms with van der Waals surface area (Å²) in [5.41, 5.74) is 2.87. The van der Waals surface area contributed by atoms with E-state index in [9.17, 15) is 4.79 Å². The average Bonchev–Trinajstić information content (AvgIpc) is 3.04. The van der Waals surface area contributed by atoms with Gasteiger partial charge in [0, 0.05) is 22.8 Å². The Bertz CT molecular complexity index is 957. The summed E-state index contributed by atoms with van der Waals surface area (Å²) in [6.45, 7) is 6.67. The van der Waals surface area contributed by atoms with E-state index in [1.54, 1.807) is 18.2 Å². The lowest BCUT2D eigenvalue weighted by Gasteiger charge is -2.13. The van der Waals surface area contributed by atoms with Crippen molar-refractivity contribution >= 4 is 35.0 Å². The molecule has 0 radical (unpaired) electrons. The van der Waals surface area contributed by atoms with Gasteiger partial charge in [-0.2, -0.15) is 0 Å². The van der Waals surface area contributed by atoms with Gasteiger partial charge in [0.15, 0.2) is 11.0 Å². The van der Waals surface area contributed by atoms with Crippen LogP contribution in [0.4, 0.5) is 5.69 Å². The van der Waals surface area contributed by atoms with E-state index in [4.69, 9.17) is 11.6 Å². The number of benzene rings is 2. The Hall–Kier alpha value is -2.31. The predicted molar refractivity (Wildman–Crippen MR) is 111 cm³/mol. The molecule has 0 fully saturated rings. The van der Waals surface area contributed by atoms with Crippen LogP contribution in [-0.2, 0) is 11.3 Å². The molecule has 5 nitrogen and oxygen atoms in total. The smallest absolute Gasteiger partial charge is 0.237 e. The first-order valence-corrected chi connectivity index (χ1v) is 9.97. The molecule has 1 aromatic heterocycles. The van der Waals surface area contributed by atoms with Gasteiger partial charge in [0.1, 0.15) is 0 Å². The number of aromatic nitrogens is 3. The minimum absolute atomic E-state index is 0.106. The minimum Gasteiger partial charge on any atom is -0.325 e. The van der Waals surface area contributed by atoms with Crippen molar-refractivity contribution in [3.8, 4) is 11.4 Å². The molecule has 0 aliphatic carbocycles. The molecule has 1 heterocycles. The zero-order valence-electron chi connectivity index (χ0n) is 15.4. The van der Waals surface area contributed by atoms with Crippen molar-refractivity contribution in [2.75, 3.05) is 5.32 Å². The van der Waals surface area contributed by atoms with E-state index in [0.717, 1.165) is 23.1 Å². The average molecular weight is 401 g/mol. The van der Waals surface area contributed by atoms with Crippen molar-refractivity contribution < 1.29 is 4.79 Å². The Balaban J connectivity index is 1.76. The summed E-state index contributed by atoms with van der Waals surface area (Å²) in [6, 6.07) is 15.3. The van der Waals surface area contributed by atoms with E-state index in [1.165, 1.54) is 17.3 Å². The van der Waals surface area contributed by atoms with Gasteiger partial charge in [-0.3, -0.25) is 4.79 Å². The maximum atomic E-state index is 12.5. The summed E-state index contributed by atoms with van der Waals surface area (Å²) in [4.78, 5) is 12.5.